The second-order valence-electron chi connectivity index (χ2n) is 14.2. The fourth-order valence-electron chi connectivity index (χ4n) is 8.36. The molecule has 0 aliphatic heterocycles. The van der Waals surface area contributed by atoms with Crippen molar-refractivity contribution in [2.75, 3.05) is 0 Å². The van der Waals surface area contributed by atoms with Crippen molar-refractivity contribution in [3.63, 3.8) is 0 Å². The van der Waals surface area contributed by atoms with Gasteiger partial charge in [-0.05, 0) is 80.6 Å². The van der Waals surface area contributed by atoms with Crippen molar-refractivity contribution < 1.29 is 0 Å². The van der Waals surface area contributed by atoms with Crippen LogP contribution in [0.4, 0.5) is 0 Å². The number of hydrogen-bond donors (Lipinski definition) is 0. The summed E-state index contributed by atoms with van der Waals surface area (Å²) < 4.78 is 2.39. The third-order valence-electron chi connectivity index (χ3n) is 11.0. The first-order chi connectivity index (χ1) is 27.3. The van der Waals surface area contributed by atoms with Crippen molar-refractivity contribution in [3.05, 3.63) is 200 Å². The molecule has 9 aromatic carbocycles. The number of hydrogen-bond acceptors (Lipinski definition) is 2. The Balaban J connectivity index is 0.939. The fraction of sp³-hybridized carbons (Fsp3) is 0. The number of para-hydroxylation sites is 1. The maximum absolute atomic E-state index is 5.23. The number of nitrogens with zero attached hydrogens (tertiary/aromatic N) is 3. The first-order valence-electron chi connectivity index (χ1n) is 18.7. The van der Waals surface area contributed by atoms with Gasteiger partial charge in [0.15, 0.2) is 0 Å². The molecule has 0 saturated carbocycles. The highest BCUT2D eigenvalue weighted by Gasteiger charge is 2.15. The maximum Gasteiger partial charge on any atom is 0.0979 e. The van der Waals surface area contributed by atoms with E-state index in [1.165, 1.54) is 54.8 Å². The Kier molecular flexibility index (Phi) is 7.17. The van der Waals surface area contributed by atoms with Gasteiger partial charge in [0.05, 0.1) is 34.0 Å². The molecule has 256 valence electrons. The predicted molar refractivity (Wildman–Crippen MR) is 231 cm³/mol. The molecule has 0 aliphatic rings. The van der Waals surface area contributed by atoms with Gasteiger partial charge in [0.25, 0.3) is 0 Å². The van der Waals surface area contributed by atoms with Crippen LogP contribution in [0.15, 0.2) is 200 Å². The summed E-state index contributed by atoms with van der Waals surface area (Å²) in [6, 6.07) is 69.6. The lowest BCUT2D eigenvalue weighted by molar-refractivity contribution is 1.18. The second kappa shape index (κ2) is 12.6. The van der Waals surface area contributed by atoms with Gasteiger partial charge in [0.2, 0.25) is 0 Å². The Morgan fingerprint density at radius 1 is 0.309 bits per heavy atom. The molecule has 0 fully saturated rings. The summed E-state index contributed by atoms with van der Waals surface area (Å²) in [5, 5.41) is 7.16. The molecule has 0 bridgehead atoms. The van der Waals surface area contributed by atoms with Crippen LogP contribution in [0.3, 0.4) is 0 Å². The van der Waals surface area contributed by atoms with E-state index in [1.807, 2.05) is 6.20 Å². The van der Waals surface area contributed by atoms with E-state index in [0.717, 1.165) is 49.9 Å². The Hall–Kier alpha value is -7.36. The molecule has 0 spiro atoms. The van der Waals surface area contributed by atoms with Crippen molar-refractivity contribution in [1.82, 2.24) is 14.5 Å². The van der Waals surface area contributed by atoms with Gasteiger partial charge in [-0.2, -0.15) is 0 Å². The summed E-state index contributed by atoms with van der Waals surface area (Å²) in [7, 11) is 0. The molecule has 0 unspecified atom stereocenters. The van der Waals surface area contributed by atoms with E-state index in [4.69, 9.17) is 9.97 Å². The second-order valence-corrected chi connectivity index (χ2v) is 14.2. The Bertz CT molecular complexity index is 3210. The zero-order valence-electron chi connectivity index (χ0n) is 29.9. The highest BCUT2D eigenvalue weighted by molar-refractivity contribution is 6.23. The molecule has 0 atom stereocenters. The smallest absolute Gasteiger partial charge is 0.0979 e. The fourth-order valence-corrected chi connectivity index (χ4v) is 8.36. The van der Waals surface area contributed by atoms with E-state index >= 15 is 0 Å². The molecule has 11 aromatic rings. The summed E-state index contributed by atoms with van der Waals surface area (Å²) in [4.78, 5) is 10.2. The molecule has 0 saturated heterocycles. The average Bonchev–Trinajstić information content (AvgIpc) is 3.60. The molecule has 2 aromatic heterocycles. The molecule has 0 N–H and O–H groups in total. The normalized spacial score (nSPS) is 11.6. The van der Waals surface area contributed by atoms with Crippen molar-refractivity contribution in [2.24, 2.45) is 0 Å². The van der Waals surface area contributed by atoms with Crippen LogP contribution in [0.25, 0.3) is 105 Å². The SMILES string of the molecule is c1ccc(-c2ccc3c(c2)c2ccccc2n3-c2cccc(-c3ccc(-c4cccc(-c5cnc6c7ccccc7c7ccccc7c6n5)c4)cc3)c2)cc1. The standard InChI is InChI=1S/C52H33N3/c1-2-12-34(13-3-1)39-28-29-50-47(32-39)44-20-8-9-23-49(44)55(50)41-17-11-15-38(31-41)36-26-24-35(25-27-36)37-14-10-16-40(30-37)48-33-53-51-45-21-6-4-18-42(45)43-19-5-7-22-46(43)52(51)54-48/h1-33H. The predicted octanol–water partition coefficient (Wildman–Crippen LogP) is 13.7. The molecule has 0 radical (unpaired) electrons. The Morgan fingerprint density at radius 3 is 1.56 bits per heavy atom. The van der Waals surface area contributed by atoms with Crippen LogP contribution in [-0.2, 0) is 0 Å². The van der Waals surface area contributed by atoms with Crippen LogP contribution in [-0.4, -0.2) is 14.5 Å². The number of fused-ring (bicyclic) bond motifs is 9. The Morgan fingerprint density at radius 2 is 0.818 bits per heavy atom. The number of aromatic nitrogens is 3. The van der Waals surface area contributed by atoms with Gasteiger partial charge in [-0.15, -0.1) is 0 Å². The van der Waals surface area contributed by atoms with Crippen molar-refractivity contribution >= 4 is 54.4 Å². The number of benzene rings is 9. The highest BCUT2D eigenvalue weighted by atomic mass is 15.0. The molecule has 55 heavy (non-hydrogen) atoms. The third-order valence-corrected chi connectivity index (χ3v) is 11.0. The van der Waals surface area contributed by atoms with E-state index in [-0.39, 0.29) is 0 Å². The zero-order valence-corrected chi connectivity index (χ0v) is 29.9. The minimum absolute atomic E-state index is 0.865. The third kappa shape index (κ3) is 5.20. The molecule has 3 nitrogen and oxygen atoms in total. The van der Waals surface area contributed by atoms with Crippen LogP contribution in [0, 0.1) is 0 Å². The maximum atomic E-state index is 5.23. The van der Waals surface area contributed by atoms with Gasteiger partial charge in [-0.25, -0.2) is 4.98 Å². The lowest BCUT2D eigenvalue weighted by atomic mass is 9.98. The monoisotopic (exact) mass is 699 g/mol. The molecule has 0 aliphatic carbocycles. The topological polar surface area (TPSA) is 30.7 Å². The van der Waals surface area contributed by atoms with Crippen LogP contribution >= 0.6 is 0 Å². The van der Waals surface area contributed by atoms with E-state index in [9.17, 15) is 0 Å². The number of rotatable bonds is 5. The zero-order chi connectivity index (χ0) is 36.3. The molecular formula is C52H33N3. The molecule has 11 rings (SSSR count). The molecule has 0 amide bonds. The van der Waals surface area contributed by atoms with Gasteiger partial charge in [-0.1, -0.05) is 158 Å². The lowest BCUT2D eigenvalue weighted by Gasteiger charge is -2.12. The first-order valence-corrected chi connectivity index (χ1v) is 18.7. The van der Waals surface area contributed by atoms with Gasteiger partial charge in [0.1, 0.15) is 0 Å². The minimum atomic E-state index is 0.865. The van der Waals surface area contributed by atoms with E-state index in [2.05, 4.69) is 199 Å². The van der Waals surface area contributed by atoms with Crippen molar-refractivity contribution in [2.45, 2.75) is 0 Å². The first kappa shape index (κ1) is 31.2. The van der Waals surface area contributed by atoms with Gasteiger partial charge >= 0.3 is 0 Å². The highest BCUT2D eigenvalue weighted by Crippen LogP contribution is 2.37. The van der Waals surface area contributed by atoms with Crippen LogP contribution in [0.2, 0.25) is 0 Å². The summed E-state index contributed by atoms with van der Waals surface area (Å²) in [5.41, 5.74) is 14.4. The van der Waals surface area contributed by atoms with Crippen LogP contribution in [0.1, 0.15) is 0 Å². The van der Waals surface area contributed by atoms with Crippen molar-refractivity contribution in [1.29, 1.82) is 0 Å². The summed E-state index contributed by atoms with van der Waals surface area (Å²) in [6.45, 7) is 0. The van der Waals surface area contributed by atoms with E-state index in [1.54, 1.807) is 0 Å². The van der Waals surface area contributed by atoms with Gasteiger partial charge in [-0.3, -0.25) is 4.98 Å². The van der Waals surface area contributed by atoms with Gasteiger partial charge in [0, 0.05) is 32.8 Å². The molecular weight excluding hydrogens is 667 g/mol. The largest absolute Gasteiger partial charge is 0.309 e. The van der Waals surface area contributed by atoms with E-state index in [0.29, 0.717) is 0 Å². The molecule has 2 heterocycles. The molecule has 3 heteroatoms. The Labute approximate surface area is 318 Å². The summed E-state index contributed by atoms with van der Waals surface area (Å²) >= 11 is 0. The summed E-state index contributed by atoms with van der Waals surface area (Å²) in [6.07, 6.45) is 1.91. The van der Waals surface area contributed by atoms with Crippen molar-refractivity contribution in [3.8, 4) is 50.3 Å². The quantitative estimate of drug-likeness (QED) is 0.167. The van der Waals surface area contributed by atoms with Crippen LogP contribution < -0.4 is 0 Å². The van der Waals surface area contributed by atoms with Gasteiger partial charge < -0.3 is 4.57 Å². The lowest BCUT2D eigenvalue weighted by Crippen LogP contribution is -1.94. The van der Waals surface area contributed by atoms with Crippen LogP contribution in [0.5, 0.6) is 0 Å². The summed E-state index contributed by atoms with van der Waals surface area (Å²) in [5.74, 6) is 0. The minimum Gasteiger partial charge on any atom is -0.309 e. The average molecular weight is 700 g/mol. The van der Waals surface area contributed by atoms with E-state index < -0.39 is 0 Å².